The number of benzene rings is 1. The topological polar surface area (TPSA) is 50.3 Å². The minimum atomic E-state index is -3.57. The summed E-state index contributed by atoms with van der Waals surface area (Å²) in [4.78, 5) is 4.32. The molecule has 0 N–H and O–H groups in total. The molecule has 0 unspecified atom stereocenters. The number of halogens is 1. The Hall–Kier alpha value is -1.69. The average molecular weight is 363 g/mol. The van der Waals surface area contributed by atoms with Crippen LogP contribution >= 0.6 is 11.6 Å². The van der Waals surface area contributed by atoms with Crippen LogP contribution in [0.3, 0.4) is 0 Å². The van der Waals surface area contributed by atoms with Crippen molar-refractivity contribution in [1.82, 2.24) is 9.29 Å². The normalized spacial score (nSPS) is 16.0. The molecule has 1 aromatic carbocycles. The van der Waals surface area contributed by atoms with Gasteiger partial charge in [-0.15, -0.1) is 0 Å². The van der Waals surface area contributed by atoms with Crippen LogP contribution in [0.15, 0.2) is 48.8 Å². The van der Waals surface area contributed by atoms with Crippen molar-refractivity contribution >= 4 is 26.5 Å². The van der Waals surface area contributed by atoms with Crippen molar-refractivity contribution in [3.63, 3.8) is 0 Å². The molecule has 2 heterocycles. The third-order valence-corrected chi connectivity index (χ3v) is 6.30. The Morgan fingerprint density at radius 2 is 2.00 bits per heavy atom. The van der Waals surface area contributed by atoms with Gasteiger partial charge in [-0.3, -0.25) is 4.98 Å². The highest BCUT2D eigenvalue weighted by Crippen LogP contribution is 2.30. The van der Waals surface area contributed by atoms with E-state index < -0.39 is 10.0 Å². The Kier molecular flexibility index (Phi) is 5.04. The molecule has 0 bridgehead atoms. The van der Waals surface area contributed by atoms with Gasteiger partial charge in [0.1, 0.15) is 0 Å². The van der Waals surface area contributed by atoms with Gasteiger partial charge in [-0.2, -0.15) is 4.31 Å². The van der Waals surface area contributed by atoms with Crippen molar-refractivity contribution in [2.75, 3.05) is 6.54 Å². The van der Waals surface area contributed by atoms with E-state index in [1.165, 1.54) is 4.31 Å². The first kappa shape index (κ1) is 17.1. The maximum absolute atomic E-state index is 13.2. The Bertz CT molecular complexity index is 864. The molecule has 0 saturated carbocycles. The van der Waals surface area contributed by atoms with Gasteiger partial charge in [-0.1, -0.05) is 30.7 Å². The lowest BCUT2D eigenvalue weighted by Gasteiger charge is -2.29. The van der Waals surface area contributed by atoms with E-state index in [1.807, 2.05) is 25.1 Å². The number of allylic oxidation sites excluding steroid dienone is 1. The Balaban J connectivity index is 1.97. The van der Waals surface area contributed by atoms with Crippen LogP contribution in [0.4, 0.5) is 0 Å². The summed E-state index contributed by atoms with van der Waals surface area (Å²) in [6, 6.07) is 9.15. The number of aromatic nitrogens is 1. The lowest BCUT2D eigenvalue weighted by atomic mass is 10.0. The fourth-order valence-corrected chi connectivity index (χ4v) is 4.84. The standard InChI is InChI=1S/C18H19ClN2O2S/c1-2-3-18(15-6-9-20-10-7-15)24(22,23)21-11-8-14-4-5-17(19)12-16(14)13-21/h3-7,9-10,12H,2,8,11,13H2,1H3/b18-3+. The summed E-state index contributed by atoms with van der Waals surface area (Å²) in [6.45, 7) is 2.76. The van der Waals surface area contributed by atoms with Crippen molar-refractivity contribution < 1.29 is 8.42 Å². The molecule has 6 heteroatoms. The highest BCUT2D eigenvalue weighted by atomic mass is 35.5. The molecule has 0 fully saturated rings. The first-order valence-corrected chi connectivity index (χ1v) is 9.72. The summed E-state index contributed by atoms with van der Waals surface area (Å²) in [5.74, 6) is 0. The molecule has 1 aliphatic heterocycles. The van der Waals surface area contributed by atoms with E-state index in [2.05, 4.69) is 4.98 Å². The zero-order valence-corrected chi connectivity index (χ0v) is 15.0. The van der Waals surface area contributed by atoms with Crippen LogP contribution in [0, 0.1) is 0 Å². The van der Waals surface area contributed by atoms with Crippen LogP contribution in [-0.2, 0) is 23.0 Å². The molecular weight excluding hydrogens is 344 g/mol. The predicted octanol–water partition coefficient (Wildman–Crippen LogP) is 3.87. The number of fused-ring (bicyclic) bond motifs is 1. The fourth-order valence-electron chi connectivity index (χ4n) is 2.92. The van der Waals surface area contributed by atoms with E-state index >= 15 is 0 Å². The van der Waals surface area contributed by atoms with Gasteiger partial charge in [0.25, 0.3) is 0 Å². The molecule has 1 aromatic heterocycles. The minimum Gasteiger partial charge on any atom is -0.265 e. The summed E-state index contributed by atoms with van der Waals surface area (Å²) < 4.78 is 27.9. The van der Waals surface area contributed by atoms with Gasteiger partial charge >= 0.3 is 0 Å². The Morgan fingerprint density at radius 1 is 1.25 bits per heavy atom. The maximum Gasteiger partial charge on any atom is 0.243 e. The second-order valence-electron chi connectivity index (χ2n) is 5.71. The fraction of sp³-hybridized carbons (Fsp3) is 0.278. The molecule has 0 spiro atoms. The Morgan fingerprint density at radius 3 is 2.71 bits per heavy atom. The molecule has 0 radical (unpaired) electrons. The maximum atomic E-state index is 13.2. The van der Waals surface area contributed by atoms with Crippen molar-refractivity contribution in [2.24, 2.45) is 0 Å². The number of pyridine rings is 1. The van der Waals surface area contributed by atoms with Crippen LogP contribution < -0.4 is 0 Å². The van der Waals surface area contributed by atoms with E-state index in [1.54, 1.807) is 30.6 Å². The quantitative estimate of drug-likeness (QED) is 0.829. The molecule has 0 saturated heterocycles. The van der Waals surface area contributed by atoms with Gasteiger partial charge in [-0.05, 0) is 53.8 Å². The van der Waals surface area contributed by atoms with Crippen molar-refractivity contribution in [1.29, 1.82) is 0 Å². The minimum absolute atomic E-state index is 0.345. The summed E-state index contributed by atoms with van der Waals surface area (Å²) >= 11 is 6.06. The zero-order chi connectivity index (χ0) is 17.2. The van der Waals surface area contributed by atoms with Gasteiger partial charge in [0.2, 0.25) is 10.0 Å². The molecular formula is C18H19ClN2O2S. The van der Waals surface area contributed by atoms with Gasteiger partial charge in [0.15, 0.2) is 0 Å². The number of nitrogens with zero attached hydrogens (tertiary/aromatic N) is 2. The van der Waals surface area contributed by atoms with Crippen molar-refractivity contribution in [3.8, 4) is 0 Å². The van der Waals surface area contributed by atoms with Crippen LogP contribution in [0.25, 0.3) is 4.91 Å². The van der Waals surface area contributed by atoms with Gasteiger partial charge < -0.3 is 0 Å². The number of sulfonamides is 1. The van der Waals surface area contributed by atoms with Crippen molar-refractivity contribution in [3.05, 3.63) is 70.5 Å². The highest BCUT2D eigenvalue weighted by Gasteiger charge is 2.30. The molecule has 0 amide bonds. The largest absolute Gasteiger partial charge is 0.265 e. The number of hydrogen-bond donors (Lipinski definition) is 0. The molecule has 0 aliphatic carbocycles. The molecule has 2 aromatic rings. The summed E-state index contributed by atoms with van der Waals surface area (Å²) in [7, 11) is -3.57. The van der Waals surface area contributed by atoms with E-state index in [0.717, 1.165) is 11.1 Å². The molecule has 4 nitrogen and oxygen atoms in total. The van der Waals surface area contributed by atoms with E-state index in [-0.39, 0.29) is 0 Å². The first-order chi connectivity index (χ1) is 11.5. The van der Waals surface area contributed by atoms with E-state index in [4.69, 9.17) is 11.6 Å². The van der Waals surface area contributed by atoms with Crippen LogP contribution in [0.5, 0.6) is 0 Å². The monoisotopic (exact) mass is 362 g/mol. The number of rotatable bonds is 4. The van der Waals surface area contributed by atoms with Crippen LogP contribution in [-0.4, -0.2) is 24.3 Å². The lowest BCUT2D eigenvalue weighted by molar-refractivity contribution is 0.398. The summed E-state index contributed by atoms with van der Waals surface area (Å²) in [6.07, 6.45) is 6.33. The predicted molar refractivity (Wildman–Crippen MR) is 97.0 cm³/mol. The zero-order valence-electron chi connectivity index (χ0n) is 13.4. The number of hydrogen-bond acceptors (Lipinski definition) is 3. The van der Waals surface area contributed by atoms with Gasteiger partial charge in [-0.25, -0.2) is 8.42 Å². The average Bonchev–Trinajstić information content (AvgIpc) is 2.59. The molecule has 24 heavy (non-hydrogen) atoms. The second-order valence-corrected chi connectivity index (χ2v) is 8.06. The SMILES string of the molecule is CC/C=C(\c1ccncc1)S(=O)(=O)N1CCc2ccc(Cl)cc2C1. The third-order valence-electron chi connectivity index (χ3n) is 4.12. The lowest BCUT2D eigenvalue weighted by Crippen LogP contribution is -2.36. The van der Waals surface area contributed by atoms with Crippen LogP contribution in [0.1, 0.15) is 30.0 Å². The smallest absolute Gasteiger partial charge is 0.243 e. The molecule has 1 aliphatic rings. The summed E-state index contributed by atoms with van der Waals surface area (Å²) in [5.41, 5.74) is 2.81. The first-order valence-electron chi connectivity index (χ1n) is 7.90. The van der Waals surface area contributed by atoms with E-state index in [9.17, 15) is 8.42 Å². The third kappa shape index (κ3) is 3.38. The van der Waals surface area contributed by atoms with Gasteiger partial charge in [0, 0.05) is 30.5 Å². The highest BCUT2D eigenvalue weighted by molar-refractivity contribution is 7.98. The van der Waals surface area contributed by atoms with Gasteiger partial charge in [0.05, 0.1) is 4.91 Å². The van der Waals surface area contributed by atoms with Crippen molar-refractivity contribution in [2.45, 2.75) is 26.3 Å². The van der Waals surface area contributed by atoms with E-state index in [0.29, 0.717) is 41.4 Å². The van der Waals surface area contributed by atoms with Crippen LogP contribution in [0.2, 0.25) is 5.02 Å². The second kappa shape index (κ2) is 7.05. The Labute approximate surface area is 147 Å². The summed E-state index contributed by atoms with van der Waals surface area (Å²) in [5, 5.41) is 0.631. The molecule has 0 atom stereocenters. The molecule has 3 rings (SSSR count). The molecule has 126 valence electrons.